The number of amides is 2. The van der Waals surface area contributed by atoms with Crippen molar-refractivity contribution in [1.82, 2.24) is 14.8 Å². The molecule has 1 aromatic heterocycles. The molecule has 0 N–H and O–H groups in total. The molecule has 1 aromatic carbocycles. The van der Waals surface area contributed by atoms with Gasteiger partial charge in [0.05, 0.1) is 30.2 Å². The van der Waals surface area contributed by atoms with Crippen molar-refractivity contribution in [2.45, 2.75) is 25.7 Å². The standard InChI is InChI=1S/C24H30N4O3/c29-23(27-12-14-31-15-13-27)19-7-5-11-28(17-19)24(30)20-16-18-6-1-2-8-21(18)25-22(20)26-9-3-4-10-26/h1-2,6,8,16,19H,3-5,7,9-15,17H2. The summed E-state index contributed by atoms with van der Waals surface area (Å²) >= 11 is 0. The van der Waals surface area contributed by atoms with E-state index in [-0.39, 0.29) is 17.7 Å². The van der Waals surface area contributed by atoms with Gasteiger partial charge in [-0.15, -0.1) is 0 Å². The number of para-hydroxylation sites is 1. The smallest absolute Gasteiger partial charge is 0.257 e. The second-order valence-electron chi connectivity index (χ2n) is 8.77. The Hall–Kier alpha value is -2.67. The monoisotopic (exact) mass is 422 g/mol. The number of benzene rings is 1. The first-order chi connectivity index (χ1) is 15.2. The molecule has 164 valence electrons. The number of anilines is 1. The van der Waals surface area contributed by atoms with Crippen LogP contribution in [0.5, 0.6) is 0 Å². The number of morpholine rings is 1. The van der Waals surface area contributed by atoms with E-state index in [4.69, 9.17) is 9.72 Å². The van der Waals surface area contributed by atoms with E-state index in [0.29, 0.717) is 45.0 Å². The highest BCUT2D eigenvalue weighted by molar-refractivity contribution is 6.02. The topological polar surface area (TPSA) is 66.0 Å². The van der Waals surface area contributed by atoms with Gasteiger partial charge in [-0.3, -0.25) is 9.59 Å². The van der Waals surface area contributed by atoms with E-state index >= 15 is 0 Å². The third kappa shape index (κ3) is 4.11. The molecular formula is C24H30N4O3. The van der Waals surface area contributed by atoms with Crippen LogP contribution in [0.15, 0.2) is 30.3 Å². The van der Waals surface area contributed by atoms with E-state index in [9.17, 15) is 9.59 Å². The quantitative estimate of drug-likeness (QED) is 0.761. The van der Waals surface area contributed by atoms with Crippen LogP contribution in [0.4, 0.5) is 5.82 Å². The SMILES string of the molecule is O=C(c1cc2ccccc2nc1N1CCCC1)N1CCCC(C(=O)N2CCOCC2)C1. The Morgan fingerprint density at radius 2 is 1.71 bits per heavy atom. The van der Waals surface area contributed by atoms with Crippen LogP contribution in [0.25, 0.3) is 10.9 Å². The number of likely N-dealkylation sites (tertiary alicyclic amines) is 1. The lowest BCUT2D eigenvalue weighted by Crippen LogP contribution is -2.49. The van der Waals surface area contributed by atoms with Gasteiger partial charge < -0.3 is 19.4 Å². The number of hydrogen-bond acceptors (Lipinski definition) is 5. The summed E-state index contributed by atoms with van der Waals surface area (Å²) in [4.78, 5) is 37.6. The zero-order valence-electron chi connectivity index (χ0n) is 18.0. The Morgan fingerprint density at radius 1 is 0.935 bits per heavy atom. The fraction of sp³-hybridized carbons (Fsp3) is 0.542. The average Bonchev–Trinajstić information content (AvgIpc) is 3.38. The highest BCUT2D eigenvalue weighted by Crippen LogP contribution is 2.29. The second-order valence-corrected chi connectivity index (χ2v) is 8.77. The second kappa shape index (κ2) is 8.83. The van der Waals surface area contributed by atoms with Gasteiger partial charge in [-0.25, -0.2) is 4.98 Å². The van der Waals surface area contributed by atoms with Gasteiger partial charge >= 0.3 is 0 Å². The maximum Gasteiger partial charge on any atom is 0.257 e. The van der Waals surface area contributed by atoms with Crippen LogP contribution in [-0.4, -0.2) is 79.1 Å². The normalized spacial score (nSPS) is 22.2. The molecule has 3 saturated heterocycles. The lowest BCUT2D eigenvalue weighted by atomic mass is 9.95. The van der Waals surface area contributed by atoms with Crippen LogP contribution < -0.4 is 4.90 Å². The first kappa shape index (κ1) is 20.2. The van der Waals surface area contributed by atoms with Crippen molar-refractivity contribution >= 4 is 28.5 Å². The van der Waals surface area contributed by atoms with Gasteiger partial charge in [0.2, 0.25) is 5.91 Å². The lowest BCUT2D eigenvalue weighted by molar-refractivity contribution is -0.141. The molecule has 2 amide bonds. The molecule has 0 spiro atoms. The zero-order chi connectivity index (χ0) is 21.2. The van der Waals surface area contributed by atoms with E-state index in [0.717, 1.165) is 55.5 Å². The first-order valence-electron chi connectivity index (χ1n) is 11.5. The van der Waals surface area contributed by atoms with Crippen LogP contribution in [-0.2, 0) is 9.53 Å². The highest BCUT2D eigenvalue weighted by Gasteiger charge is 2.33. The molecule has 1 atom stereocenters. The van der Waals surface area contributed by atoms with Crippen molar-refractivity contribution in [2.24, 2.45) is 5.92 Å². The summed E-state index contributed by atoms with van der Waals surface area (Å²) in [6.07, 6.45) is 3.95. The number of aromatic nitrogens is 1. The maximum absolute atomic E-state index is 13.7. The number of pyridine rings is 1. The van der Waals surface area contributed by atoms with Crippen LogP contribution in [0.3, 0.4) is 0 Å². The van der Waals surface area contributed by atoms with Gasteiger partial charge in [0.1, 0.15) is 5.82 Å². The highest BCUT2D eigenvalue weighted by atomic mass is 16.5. The largest absolute Gasteiger partial charge is 0.378 e. The van der Waals surface area contributed by atoms with Crippen LogP contribution >= 0.6 is 0 Å². The molecule has 3 aliphatic rings. The van der Waals surface area contributed by atoms with Gasteiger partial charge in [0.15, 0.2) is 0 Å². The van der Waals surface area contributed by atoms with Crippen molar-refractivity contribution in [3.05, 3.63) is 35.9 Å². The summed E-state index contributed by atoms with van der Waals surface area (Å²) in [5, 5.41) is 0.978. The Bertz CT molecular complexity index is 966. The van der Waals surface area contributed by atoms with Gasteiger partial charge in [-0.1, -0.05) is 18.2 Å². The molecule has 0 aliphatic carbocycles. The Morgan fingerprint density at radius 3 is 2.52 bits per heavy atom. The molecule has 5 rings (SSSR count). The Kier molecular flexibility index (Phi) is 5.76. The van der Waals surface area contributed by atoms with E-state index in [2.05, 4.69) is 4.90 Å². The molecule has 1 unspecified atom stereocenters. The molecule has 3 aliphatic heterocycles. The minimum Gasteiger partial charge on any atom is -0.378 e. The van der Waals surface area contributed by atoms with Gasteiger partial charge in [0, 0.05) is 44.7 Å². The number of fused-ring (bicyclic) bond motifs is 1. The van der Waals surface area contributed by atoms with E-state index in [1.807, 2.05) is 40.1 Å². The van der Waals surface area contributed by atoms with E-state index in [1.165, 1.54) is 0 Å². The molecule has 0 bridgehead atoms. The van der Waals surface area contributed by atoms with E-state index < -0.39 is 0 Å². The van der Waals surface area contributed by atoms with Crippen molar-refractivity contribution < 1.29 is 14.3 Å². The van der Waals surface area contributed by atoms with Crippen LogP contribution in [0, 0.1) is 5.92 Å². The average molecular weight is 423 g/mol. The van der Waals surface area contributed by atoms with Crippen LogP contribution in [0.1, 0.15) is 36.0 Å². The van der Waals surface area contributed by atoms with Crippen LogP contribution in [0.2, 0.25) is 0 Å². The molecule has 31 heavy (non-hydrogen) atoms. The van der Waals surface area contributed by atoms with Crippen molar-refractivity contribution in [3.8, 4) is 0 Å². The fourth-order valence-electron chi connectivity index (χ4n) is 5.01. The van der Waals surface area contributed by atoms with Gasteiger partial charge in [-0.05, 0) is 37.8 Å². The van der Waals surface area contributed by atoms with Gasteiger partial charge in [0.25, 0.3) is 5.91 Å². The minimum atomic E-state index is -0.126. The maximum atomic E-state index is 13.7. The number of carbonyl (C=O) groups excluding carboxylic acids is 2. The summed E-state index contributed by atoms with van der Waals surface area (Å²) < 4.78 is 5.38. The number of hydrogen-bond donors (Lipinski definition) is 0. The molecule has 3 fully saturated rings. The molecule has 0 radical (unpaired) electrons. The number of nitrogens with zero attached hydrogens (tertiary/aromatic N) is 4. The first-order valence-corrected chi connectivity index (χ1v) is 11.5. The van der Waals surface area contributed by atoms with Gasteiger partial charge in [-0.2, -0.15) is 0 Å². The number of ether oxygens (including phenoxy) is 1. The molecule has 0 saturated carbocycles. The molecule has 4 heterocycles. The lowest BCUT2D eigenvalue weighted by Gasteiger charge is -2.36. The number of rotatable bonds is 3. The Labute approximate surface area is 183 Å². The third-order valence-electron chi connectivity index (χ3n) is 6.72. The predicted octanol–water partition coefficient (Wildman–Crippen LogP) is 2.55. The van der Waals surface area contributed by atoms with Crippen molar-refractivity contribution in [3.63, 3.8) is 0 Å². The summed E-state index contributed by atoms with van der Waals surface area (Å²) in [7, 11) is 0. The summed E-state index contributed by atoms with van der Waals surface area (Å²) in [6.45, 7) is 5.55. The fourth-order valence-corrected chi connectivity index (χ4v) is 5.01. The Balaban J connectivity index is 1.40. The number of carbonyl (C=O) groups is 2. The summed E-state index contributed by atoms with van der Waals surface area (Å²) in [5.41, 5.74) is 1.58. The predicted molar refractivity (Wildman–Crippen MR) is 119 cm³/mol. The molecule has 2 aromatic rings. The van der Waals surface area contributed by atoms with Crippen molar-refractivity contribution in [1.29, 1.82) is 0 Å². The van der Waals surface area contributed by atoms with Crippen molar-refractivity contribution in [2.75, 3.05) is 57.4 Å². The molecular weight excluding hydrogens is 392 g/mol. The molecule has 7 heteroatoms. The van der Waals surface area contributed by atoms with E-state index in [1.54, 1.807) is 0 Å². The molecule has 7 nitrogen and oxygen atoms in total. The number of piperidine rings is 1. The third-order valence-corrected chi connectivity index (χ3v) is 6.72. The summed E-state index contributed by atoms with van der Waals surface area (Å²) in [5.74, 6) is 0.833. The summed E-state index contributed by atoms with van der Waals surface area (Å²) in [6, 6.07) is 9.96. The zero-order valence-corrected chi connectivity index (χ0v) is 18.0. The minimum absolute atomic E-state index is 0.000342.